The van der Waals surface area contributed by atoms with E-state index in [0.717, 1.165) is 27.4 Å². The van der Waals surface area contributed by atoms with Crippen molar-refractivity contribution >= 4 is 33.9 Å². The monoisotopic (exact) mass is 476 g/mol. The van der Waals surface area contributed by atoms with Crippen LogP contribution < -0.4 is 15.7 Å². The maximum atomic E-state index is 13.3. The Morgan fingerprint density at radius 1 is 1.09 bits per heavy atom. The Morgan fingerprint density at radius 2 is 1.83 bits per heavy atom. The summed E-state index contributed by atoms with van der Waals surface area (Å²) in [5, 5.41) is 4.34. The van der Waals surface area contributed by atoms with Crippen LogP contribution in [0.25, 0.3) is 21.9 Å². The number of alkyl carbamates (subject to hydrolysis) is 1. The highest BCUT2D eigenvalue weighted by atomic mass is 16.6. The molecule has 0 saturated heterocycles. The van der Waals surface area contributed by atoms with Crippen LogP contribution >= 0.6 is 0 Å². The first kappa shape index (κ1) is 24.1. The fourth-order valence-corrected chi connectivity index (χ4v) is 3.95. The molecule has 0 spiro atoms. The summed E-state index contributed by atoms with van der Waals surface area (Å²) < 4.78 is 16.4. The van der Waals surface area contributed by atoms with Crippen molar-refractivity contribution in [3.05, 3.63) is 75.8 Å². The van der Waals surface area contributed by atoms with Crippen molar-refractivity contribution < 1.29 is 23.5 Å². The summed E-state index contributed by atoms with van der Waals surface area (Å²) in [5.41, 5.74) is 2.18. The van der Waals surface area contributed by atoms with Crippen molar-refractivity contribution in [2.75, 3.05) is 0 Å². The van der Waals surface area contributed by atoms with E-state index in [4.69, 9.17) is 13.9 Å². The van der Waals surface area contributed by atoms with Crippen molar-refractivity contribution in [1.29, 1.82) is 0 Å². The molecule has 0 unspecified atom stereocenters. The molecule has 0 radical (unpaired) electrons. The molecule has 0 bridgehead atoms. The Bertz CT molecular complexity index is 1470. The van der Waals surface area contributed by atoms with Crippen molar-refractivity contribution in [1.82, 2.24) is 10.3 Å². The van der Waals surface area contributed by atoms with Crippen LogP contribution in [0.1, 0.15) is 37.5 Å². The fraction of sp³-hybridized carbons (Fsp3) is 0.296. The molecular weight excluding hydrogens is 448 g/mol. The molecule has 2 N–H and O–H groups in total. The summed E-state index contributed by atoms with van der Waals surface area (Å²) >= 11 is 0. The summed E-state index contributed by atoms with van der Waals surface area (Å²) in [6, 6.07) is 11.5. The first-order chi connectivity index (χ1) is 16.5. The number of benzene rings is 2. The highest BCUT2D eigenvalue weighted by molar-refractivity contribution is 5.89. The molecule has 0 aliphatic heterocycles. The predicted octanol–water partition coefficient (Wildman–Crippen LogP) is 4.93. The number of aromatic nitrogens is 1. The molecular formula is C27H28N2O6. The van der Waals surface area contributed by atoms with Gasteiger partial charge in [0.1, 0.15) is 23.0 Å². The third-order valence-corrected chi connectivity index (χ3v) is 5.60. The summed E-state index contributed by atoms with van der Waals surface area (Å²) in [7, 11) is 0. The minimum Gasteiger partial charge on any atom is -0.444 e. The average molecular weight is 477 g/mol. The number of rotatable bonds is 5. The van der Waals surface area contributed by atoms with Crippen LogP contribution in [0.5, 0.6) is 5.75 Å². The Hall–Kier alpha value is -4.07. The smallest absolute Gasteiger partial charge is 0.408 e. The SMILES string of the molecule is Cc1cc(=O)oc2c(C)c(OC(=O)[C@H](Cc3c[nH]c4ccccc34)NC(=O)OC(C)(C)C)ccc12. The number of hydrogen-bond donors (Lipinski definition) is 2. The van der Waals surface area contributed by atoms with Gasteiger partial charge in [-0.1, -0.05) is 18.2 Å². The first-order valence-electron chi connectivity index (χ1n) is 11.3. The van der Waals surface area contributed by atoms with E-state index in [9.17, 15) is 14.4 Å². The number of aromatic amines is 1. The van der Waals surface area contributed by atoms with E-state index < -0.39 is 29.3 Å². The molecule has 2 heterocycles. The van der Waals surface area contributed by atoms with Crippen molar-refractivity contribution in [2.24, 2.45) is 0 Å². The molecule has 1 atom stereocenters. The molecule has 1 amide bonds. The quantitative estimate of drug-likeness (QED) is 0.240. The van der Waals surface area contributed by atoms with Gasteiger partial charge in [0, 0.05) is 40.5 Å². The number of esters is 1. The lowest BCUT2D eigenvalue weighted by Crippen LogP contribution is -2.46. The number of H-pyrrole nitrogens is 1. The number of nitrogens with one attached hydrogen (secondary N) is 2. The summed E-state index contributed by atoms with van der Waals surface area (Å²) in [4.78, 5) is 40.9. The van der Waals surface area contributed by atoms with E-state index >= 15 is 0 Å². The van der Waals surface area contributed by atoms with E-state index in [0.29, 0.717) is 11.1 Å². The normalized spacial score (nSPS) is 12.5. The van der Waals surface area contributed by atoms with Gasteiger partial charge in [-0.2, -0.15) is 0 Å². The average Bonchev–Trinajstić information content (AvgIpc) is 3.17. The Balaban J connectivity index is 1.64. The molecule has 4 rings (SSSR count). The number of carbonyl (C=O) groups is 2. The van der Waals surface area contributed by atoms with Crippen LogP contribution in [-0.4, -0.2) is 28.7 Å². The second-order valence-electron chi connectivity index (χ2n) is 9.50. The zero-order valence-electron chi connectivity index (χ0n) is 20.4. The van der Waals surface area contributed by atoms with Crippen LogP contribution in [0.15, 0.2) is 57.9 Å². The third kappa shape index (κ3) is 5.37. The number of amides is 1. The lowest BCUT2D eigenvalue weighted by molar-refractivity contribution is -0.136. The number of fused-ring (bicyclic) bond motifs is 2. The summed E-state index contributed by atoms with van der Waals surface area (Å²) in [5.74, 6) is -0.426. The largest absolute Gasteiger partial charge is 0.444 e. The highest BCUT2D eigenvalue weighted by Crippen LogP contribution is 2.29. The lowest BCUT2D eigenvalue weighted by Gasteiger charge is -2.23. The lowest BCUT2D eigenvalue weighted by atomic mass is 10.0. The molecule has 2 aromatic heterocycles. The van der Waals surface area contributed by atoms with Crippen molar-refractivity contribution in [3.8, 4) is 5.75 Å². The molecule has 0 saturated carbocycles. The van der Waals surface area contributed by atoms with Gasteiger partial charge in [0.15, 0.2) is 0 Å². The van der Waals surface area contributed by atoms with Crippen LogP contribution in [-0.2, 0) is 16.0 Å². The van der Waals surface area contributed by atoms with Crippen molar-refractivity contribution in [2.45, 2.75) is 52.7 Å². The maximum Gasteiger partial charge on any atom is 0.408 e. The molecule has 4 aromatic rings. The van der Waals surface area contributed by atoms with Gasteiger partial charge in [-0.15, -0.1) is 0 Å². The number of para-hydroxylation sites is 1. The zero-order valence-corrected chi connectivity index (χ0v) is 20.4. The molecule has 35 heavy (non-hydrogen) atoms. The van der Waals surface area contributed by atoms with E-state index in [1.165, 1.54) is 6.07 Å². The predicted molar refractivity (Wildman–Crippen MR) is 133 cm³/mol. The number of ether oxygens (including phenoxy) is 2. The van der Waals surface area contributed by atoms with Gasteiger partial charge in [0.25, 0.3) is 0 Å². The van der Waals surface area contributed by atoms with E-state index in [1.807, 2.05) is 31.2 Å². The van der Waals surface area contributed by atoms with E-state index in [2.05, 4.69) is 10.3 Å². The Kier molecular flexibility index (Phi) is 6.39. The minimum atomic E-state index is -1.02. The van der Waals surface area contributed by atoms with Crippen LogP contribution in [0, 0.1) is 13.8 Å². The van der Waals surface area contributed by atoms with E-state index in [-0.39, 0.29) is 12.2 Å². The van der Waals surface area contributed by atoms with Gasteiger partial charge in [0.05, 0.1) is 0 Å². The Labute approximate surface area is 202 Å². The van der Waals surface area contributed by atoms with Gasteiger partial charge in [-0.3, -0.25) is 0 Å². The molecule has 0 fully saturated rings. The summed E-state index contributed by atoms with van der Waals surface area (Å²) in [6.45, 7) is 8.75. The molecule has 2 aromatic carbocycles. The van der Waals surface area contributed by atoms with Gasteiger partial charge in [-0.05, 0) is 63.9 Å². The van der Waals surface area contributed by atoms with E-state index in [1.54, 1.807) is 46.0 Å². The number of hydrogen-bond acceptors (Lipinski definition) is 6. The zero-order chi connectivity index (χ0) is 25.3. The second-order valence-corrected chi connectivity index (χ2v) is 9.50. The number of carbonyl (C=O) groups excluding carboxylic acids is 2. The van der Waals surface area contributed by atoms with Gasteiger partial charge >= 0.3 is 17.7 Å². The molecule has 0 aliphatic rings. The number of aryl methyl sites for hydroxylation is 2. The first-order valence-corrected chi connectivity index (χ1v) is 11.3. The van der Waals surface area contributed by atoms with Gasteiger partial charge < -0.3 is 24.2 Å². The van der Waals surface area contributed by atoms with Crippen LogP contribution in [0.3, 0.4) is 0 Å². The Morgan fingerprint density at radius 3 is 2.57 bits per heavy atom. The van der Waals surface area contributed by atoms with Gasteiger partial charge in [0.2, 0.25) is 0 Å². The third-order valence-electron chi connectivity index (χ3n) is 5.60. The molecule has 0 aliphatic carbocycles. The fourth-order valence-electron chi connectivity index (χ4n) is 3.95. The van der Waals surface area contributed by atoms with Crippen molar-refractivity contribution in [3.63, 3.8) is 0 Å². The second kappa shape index (κ2) is 9.29. The standard InChI is InChI=1S/C27H28N2O6/c1-15-12-23(30)34-24-16(2)22(11-10-18(15)24)33-25(31)21(29-26(32)35-27(3,4)5)13-17-14-28-20-9-7-6-8-19(17)20/h6-12,14,21,28H,13H2,1-5H3,(H,29,32)/t21-/m0/s1. The molecule has 182 valence electrons. The van der Waals surface area contributed by atoms with Crippen LogP contribution in [0.2, 0.25) is 0 Å². The van der Waals surface area contributed by atoms with Crippen LogP contribution in [0.4, 0.5) is 4.79 Å². The topological polar surface area (TPSA) is 111 Å². The molecule has 8 heteroatoms. The highest BCUT2D eigenvalue weighted by Gasteiger charge is 2.28. The summed E-state index contributed by atoms with van der Waals surface area (Å²) in [6.07, 6.45) is 1.26. The minimum absolute atomic E-state index is 0.183. The molecule has 8 nitrogen and oxygen atoms in total. The van der Waals surface area contributed by atoms with Gasteiger partial charge in [-0.25, -0.2) is 14.4 Å². The maximum absolute atomic E-state index is 13.3.